The molecule has 0 saturated heterocycles. The van der Waals surface area contributed by atoms with E-state index in [1.165, 1.54) is 0 Å². The van der Waals surface area contributed by atoms with Crippen LogP contribution in [0.2, 0.25) is 5.02 Å². The van der Waals surface area contributed by atoms with E-state index in [4.69, 9.17) is 16.3 Å². The molecule has 1 aromatic carbocycles. The maximum Gasteiger partial charge on any atom is 0.146 e. The summed E-state index contributed by atoms with van der Waals surface area (Å²) >= 11 is 6.19. The molecule has 4 heteroatoms. The van der Waals surface area contributed by atoms with Gasteiger partial charge in [-0.05, 0) is 51.5 Å². The Balaban J connectivity index is 2.22. The number of hydrogen-bond acceptors (Lipinski definition) is 3. The number of nitrogens with one attached hydrogen (secondary N) is 1. The number of hydrogen-bond donors (Lipinski definition) is 1. The standard InChI is InChI=1S/C17H21ClN2O/c1-12-5-6-14(18)16(9-12)21-15-7-8-19-10-13(15)11-20-17(2,3)4/h5-10,20H,11H2,1-4H3. The Morgan fingerprint density at radius 2 is 1.95 bits per heavy atom. The normalized spacial score (nSPS) is 11.5. The molecule has 0 spiro atoms. The van der Waals surface area contributed by atoms with Crippen molar-refractivity contribution < 1.29 is 4.74 Å². The molecule has 0 fully saturated rings. The number of halogens is 1. The number of rotatable bonds is 4. The number of aromatic nitrogens is 1. The zero-order valence-electron chi connectivity index (χ0n) is 12.9. The summed E-state index contributed by atoms with van der Waals surface area (Å²) in [7, 11) is 0. The Morgan fingerprint density at radius 1 is 1.19 bits per heavy atom. The summed E-state index contributed by atoms with van der Waals surface area (Å²) in [6.45, 7) is 9.08. The summed E-state index contributed by atoms with van der Waals surface area (Å²) in [5.74, 6) is 1.44. The highest BCUT2D eigenvalue weighted by molar-refractivity contribution is 6.32. The predicted molar refractivity (Wildman–Crippen MR) is 87.1 cm³/mol. The van der Waals surface area contributed by atoms with E-state index < -0.39 is 0 Å². The molecule has 3 nitrogen and oxygen atoms in total. The van der Waals surface area contributed by atoms with Gasteiger partial charge in [0.25, 0.3) is 0 Å². The van der Waals surface area contributed by atoms with Gasteiger partial charge in [0, 0.05) is 30.0 Å². The predicted octanol–water partition coefficient (Wildman–Crippen LogP) is 4.72. The average molecular weight is 305 g/mol. The molecular formula is C17H21ClN2O. The van der Waals surface area contributed by atoms with Crippen molar-refractivity contribution in [1.82, 2.24) is 10.3 Å². The van der Waals surface area contributed by atoms with Gasteiger partial charge in [-0.25, -0.2) is 0 Å². The van der Waals surface area contributed by atoms with Crippen LogP contribution < -0.4 is 10.1 Å². The molecule has 0 bridgehead atoms. The highest BCUT2D eigenvalue weighted by Crippen LogP contribution is 2.31. The molecular weight excluding hydrogens is 284 g/mol. The third-order valence-electron chi connectivity index (χ3n) is 2.97. The molecule has 0 radical (unpaired) electrons. The van der Waals surface area contributed by atoms with E-state index in [0.717, 1.165) is 16.9 Å². The van der Waals surface area contributed by atoms with Gasteiger partial charge in [-0.2, -0.15) is 0 Å². The molecule has 1 heterocycles. The first-order chi connectivity index (χ1) is 9.85. The summed E-state index contributed by atoms with van der Waals surface area (Å²) in [4.78, 5) is 4.17. The van der Waals surface area contributed by atoms with Crippen LogP contribution in [-0.4, -0.2) is 10.5 Å². The first-order valence-electron chi connectivity index (χ1n) is 6.97. The Labute approximate surface area is 131 Å². The minimum atomic E-state index is 0.0358. The van der Waals surface area contributed by atoms with Gasteiger partial charge < -0.3 is 10.1 Å². The zero-order valence-corrected chi connectivity index (χ0v) is 13.7. The molecule has 0 aliphatic heterocycles. The molecule has 0 atom stereocenters. The summed E-state index contributed by atoms with van der Waals surface area (Å²) in [6.07, 6.45) is 3.54. The lowest BCUT2D eigenvalue weighted by Crippen LogP contribution is -2.35. The van der Waals surface area contributed by atoms with Crippen LogP contribution in [0.4, 0.5) is 0 Å². The van der Waals surface area contributed by atoms with Crippen LogP contribution in [0.25, 0.3) is 0 Å². The fourth-order valence-corrected chi connectivity index (χ4v) is 1.97. The van der Waals surface area contributed by atoms with Crippen molar-refractivity contribution >= 4 is 11.6 Å². The molecule has 0 unspecified atom stereocenters. The minimum absolute atomic E-state index is 0.0358. The van der Waals surface area contributed by atoms with Crippen molar-refractivity contribution in [3.05, 3.63) is 52.8 Å². The van der Waals surface area contributed by atoms with Crippen molar-refractivity contribution in [1.29, 1.82) is 0 Å². The molecule has 1 N–H and O–H groups in total. The number of pyridine rings is 1. The van der Waals surface area contributed by atoms with E-state index in [1.807, 2.05) is 37.4 Å². The first kappa shape index (κ1) is 15.8. The number of ether oxygens (including phenoxy) is 1. The Morgan fingerprint density at radius 3 is 2.67 bits per heavy atom. The van der Waals surface area contributed by atoms with E-state index in [-0.39, 0.29) is 5.54 Å². The fraction of sp³-hybridized carbons (Fsp3) is 0.353. The Hall–Kier alpha value is -1.58. The van der Waals surface area contributed by atoms with Gasteiger partial charge in [0.1, 0.15) is 11.5 Å². The third kappa shape index (κ3) is 4.73. The van der Waals surface area contributed by atoms with Crippen molar-refractivity contribution in [3.8, 4) is 11.5 Å². The van der Waals surface area contributed by atoms with Crippen LogP contribution in [0.1, 0.15) is 31.9 Å². The lowest BCUT2D eigenvalue weighted by atomic mass is 10.1. The summed E-state index contributed by atoms with van der Waals surface area (Å²) in [5, 5.41) is 4.04. The van der Waals surface area contributed by atoms with E-state index in [9.17, 15) is 0 Å². The second kappa shape index (κ2) is 6.46. The highest BCUT2D eigenvalue weighted by Gasteiger charge is 2.12. The van der Waals surface area contributed by atoms with Gasteiger partial charge >= 0.3 is 0 Å². The average Bonchev–Trinajstić information content (AvgIpc) is 2.41. The molecule has 1 aromatic heterocycles. The minimum Gasteiger partial charge on any atom is -0.455 e. The summed E-state index contributed by atoms with van der Waals surface area (Å²) in [5.41, 5.74) is 2.15. The zero-order chi connectivity index (χ0) is 15.5. The second-order valence-corrected chi connectivity index (χ2v) is 6.53. The van der Waals surface area contributed by atoms with Crippen molar-refractivity contribution in [3.63, 3.8) is 0 Å². The van der Waals surface area contributed by atoms with Gasteiger partial charge in [0.15, 0.2) is 0 Å². The van der Waals surface area contributed by atoms with E-state index in [1.54, 1.807) is 6.20 Å². The Bertz CT molecular complexity index is 620. The van der Waals surface area contributed by atoms with Gasteiger partial charge in [-0.15, -0.1) is 0 Å². The highest BCUT2D eigenvalue weighted by atomic mass is 35.5. The van der Waals surface area contributed by atoms with Gasteiger partial charge in [0.2, 0.25) is 0 Å². The van der Waals surface area contributed by atoms with Crippen LogP contribution in [0.3, 0.4) is 0 Å². The quantitative estimate of drug-likeness (QED) is 0.887. The van der Waals surface area contributed by atoms with Gasteiger partial charge in [0.05, 0.1) is 5.02 Å². The maximum absolute atomic E-state index is 6.19. The molecule has 2 aromatic rings. The largest absolute Gasteiger partial charge is 0.455 e. The fourth-order valence-electron chi connectivity index (χ4n) is 1.81. The van der Waals surface area contributed by atoms with Crippen LogP contribution in [0.5, 0.6) is 11.5 Å². The van der Waals surface area contributed by atoms with Crippen LogP contribution in [0.15, 0.2) is 36.7 Å². The molecule has 21 heavy (non-hydrogen) atoms. The topological polar surface area (TPSA) is 34.1 Å². The maximum atomic E-state index is 6.19. The Kier molecular flexibility index (Phi) is 4.86. The monoisotopic (exact) mass is 304 g/mol. The van der Waals surface area contributed by atoms with Crippen LogP contribution >= 0.6 is 11.6 Å². The number of aryl methyl sites for hydroxylation is 1. The SMILES string of the molecule is Cc1ccc(Cl)c(Oc2ccncc2CNC(C)(C)C)c1. The van der Waals surface area contributed by atoms with Gasteiger partial charge in [-0.1, -0.05) is 17.7 Å². The van der Waals surface area contributed by atoms with E-state index in [2.05, 4.69) is 31.1 Å². The number of nitrogens with zero attached hydrogens (tertiary/aromatic N) is 1. The number of benzene rings is 1. The summed E-state index contributed by atoms with van der Waals surface area (Å²) in [6, 6.07) is 7.60. The molecule has 0 amide bonds. The van der Waals surface area contributed by atoms with Crippen molar-refractivity contribution in [2.24, 2.45) is 0 Å². The lowest BCUT2D eigenvalue weighted by Gasteiger charge is -2.21. The summed E-state index contributed by atoms with van der Waals surface area (Å²) < 4.78 is 5.97. The molecule has 112 valence electrons. The lowest BCUT2D eigenvalue weighted by molar-refractivity contribution is 0.413. The van der Waals surface area contributed by atoms with Gasteiger partial charge in [-0.3, -0.25) is 4.98 Å². The molecule has 0 saturated carbocycles. The van der Waals surface area contributed by atoms with Crippen LogP contribution in [0, 0.1) is 6.92 Å². The molecule has 2 rings (SSSR count). The molecule has 0 aliphatic carbocycles. The first-order valence-corrected chi connectivity index (χ1v) is 7.35. The van der Waals surface area contributed by atoms with Crippen LogP contribution in [-0.2, 0) is 6.54 Å². The van der Waals surface area contributed by atoms with E-state index >= 15 is 0 Å². The van der Waals surface area contributed by atoms with E-state index in [0.29, 0.717) is 17.3 Å². The molecule has 0 aliphatic rings. The second-order valence-electron chi connectivity index (χ2n) is 6.12. The third-order valence-corrected chi connectivity index (χ3v) is 3.29. The van der Waals surface area contributed by atoms with Crippen molar-refractivity contribution in [2.45, 2.75) is 39.8 Å². The van der Waals surface area contributed by atoms with Crippen molar-refractivity contribution in [2.75, 3.05) is 0 Å². The smallest absolute Gasteiger partial charge is 0.146 e.